The maximum Gasteiger partial charge on any atom is 0.0433 e. The van der Waals surface area contributed by atoms with E-state index in [0.29, 0.717) is 12.5 Å². The Balaban J connectivity index is 2.02. The normalized spacial score (nSPS) is 17.2. The van der Waals surface area contributed by atoms with Gasteiger partial charge in [0.05, 0.1) is 0 Å². The van der Waals surface area contributed by atoms with E-state index in [9.17, 15) is 0 Å². The number of piperidine rings is 1. The Morgan fingerprint density at radius 3 is 2.47 bits per heavy atom. The zero-order valence-corrected chi connectivity index (χ0v) is 12.5. The lowest BCUT2D eigenvalue weighted by molar-refractivity contribution is 0.240. The number of aliphatic hydroxyl groups is 1. The minimum Gasteiger partial charge on any atom is -0.396 e. The van der Waals surface area contributed by atoms with Crippen LogP contribution >= 0.6 is 0 Å². The van der Waals surface area contributed by atoms with E-state index >= 15 is 0 Å². The first-order chi connectivity index (χ1) is 9.11. The van der Waals surface area contributed by atoms with Crippen molar-refractivity contribution < 1.29 is 5.11 Å². The van der Waals surface area contributed by atoms with Crippen molar-refractivity contribution in [1.29, 1.82) is 0 Å². The number of benzene rings is 1. The third kappa shape index (κ3) is 3.50. The van der Waals surface area contributed by atoms with Crippen molar-refractivity contribution in [2.75, 3.05) is 24.6 Å². The van der Waals surface area contributed by atoms with Crippen LogP contribution in [0.2, 0.25) is 0 Å². The van der Waals surface area contributed by atoms with Gasteiger partial charge in [0.2, 0.25) is 0 Å². The largest absolute Gasteiger partial charge is 0.396 e. The molecular formula is C17H27NO. The summed E-state index contributed by atoms with van der Waals surface area (Å²) in [6, 6.07) is 6.89. The zero-order valence-electron chi connectivity index (χ0n) is 12.5. The van der Waals surface area contributed by atoms with Gasteiger partial charge >= 0.3 is 0 Å². The maximum absolute atomic E-state index is 9.01. The van der Waals surface area contributed by atoms with Gasteiger partial charge in [-0.25, -0.2) is 0 Å². The molecule has 1 N–H and O–H groups in total. The predicted octanol–water partition coefficient (Wildman–Crippen LogP) is 3.72. The van der Waals surface area contributed by atoms with Crippen molar-refractivity contribution >= 4 is 5.69 Å². The Labute approximate surface area is 117 Å². The molecule has 2 heteroatoms. The SMILES string of the molecule is Cc1cc(N2CCC(CCO)CC2)ccc1C(C)C. The first kappa shape index (κ1) is 14.4. The van der Waals surface area contributed by atoms with Crippen LogP contribution in [0.25, 0.3) is 0 Å². The molecule has 2 rings (SSSR count). The molecule has 0 spiro atoms. The summed E-state index contributed by atoms with van der Waals surface area (Å²) in [5.41, 5.74) is 4.23. The number of aliphatic hydroxyl groups excluding tert-OH is 1. The minimum absolute atomic E-state index is 0.340. The van der Waals surface area contributed by atoms with Crippen molar-refractivity contribution in [3.05, 3.63) is 29.3 Å². The topological polar surface area (TPSA) is 23.5 Å². The molecule has 19 heavy (non-hydrogen) atoms. The molecule has 1 heterocycles. The Hall–Kier alpha value is -1.02. The van der Waals surface area contributed by atoms with E-state index in [2.05, 4.69) is 43.9 Å². The first-order valence-electron chi connectivity index (χ1n) is 7.58. The van der Waals surface area contributed by atoms with Gasteiger partial charge in [-0.15, -0.1) is 0 Å². The molecule has 106 valence electrons. The second-order valence-corrected chi connectivity index (χ2v) is 6.14. The van der Waals surface area contributed by atoms with Gasteiger partial charge in [0, 0.05) is 25.4 Å². The molecule has 1 aromatic rings. The fourth-order valence-electron chi connectivity index (χ4n) is 3.17. The summed E-state index contributed by atoms with van der Waals surface area (Å²) in [5, 5.41) is 9.01. The summed E-state index contributed by atoms with van der Waals surface area (Å²) in [6.45, 7) is 9.32. The van der Waals surface area contributed by atoms with Crippen molar-refractivity contribution in [3.8, 4) is 0 Å². The molecule has 0 unspecified atom stereocenters. The van der Waals surface area contributed by atoms with Crippen LogP contribution in [0.1, 0.15) is 50.2 Å². The van der Waals surface area contributed by atoms with Gasteiger partial charge in [0.15, 0.2) is 0 Å². The van der Waals surface area contributed by atoms with Gasteiger partial charge in [0.1, 0.15) is 0 Å². The third-order valence-electron chi connectivity index (χ3n) is 4.39. The van der Waals surface area contributed by atoms with E-state index in [1.807, 2.05) is 0 Å². The average Bonchev–Trinajstić information content (AvgIpc) is 2.39. The molecule has 1 aromatic carbocycles. The van der Waals surface area contributed by atoms with Gasteiger partial charge in [-0.3, -0.25) is 0 Å². The van der Waals surface area contributed by atoms with E-state index in [-0.39, 0.29) is 0 Å². The highest BCUT2D eigenvalue weighted by atomic mass is 16.3. The van der Waals surface area contributed by atoms with Crippen molar-refractivity contribution in [2.24, 2.45) is 5.92 Å². The van der Waals surface area contributed by atoms with Crippen LogP contribution < -0.4 is 4.90 Å². The van der Waals surface area contributed by atoms with Crippen molar-refractivity contribution in [1.82, 2.24) is 0 Å². The molecule has 0 atom stereocenters. The van der Waals surface area contributed by atoms with Crippen LogP contribution in [0, 0.1) is 12.8 Å². The van der Waals surface area contributed by atoms with Crippen LogP contribution in [0.4, 0.5) is 5.69 Å². The molecule has 2 nitrogen and oxygen atoms in total. The molecule has 0 saturated carbocycles. The van der Waals surface area contributed by atoms with Gasteiger partial charge in [-0.2, -0.15) is 0 Å². The fraction of sp³-hybridized carbons (Fsp3) is 0.647. The number of anilines is 1. The molecule has 1 aliphatic heterocycles. The molecule has 0 bridgehead atoms. The Morgan fingerprint density at radius 1 is 1.26 bits per heavy atom. The Kier molecular flexibility index (Phi) is 4.87. The smallest absolute Gasteiger partial charge is 0.0433 e. The maximum atomic E-state index is 9.01. The lowest BCUT2D eigenvalue weighted by Gasteiger charge is -2.34. The van der Waals surface area contributed by atoms with E-state index < -0.39 is 0 Å². The summed E-state index contributed by atoms with van der Waals surface area (Å²) in [7, 11) is 0. The number of hydrogen-bond donors (Lipinski definition) is 1. The van der Waals surface area contributed by atoms with Gasteiger partial charge in [-0.05, 0) is 61.3 Å². The van der Waals surface area contributed by atoms with Crippen LogP contribution in [-0.2, 0) is 0 Å². The summed E-state index contributed by atoms with van der Waals surface area (Å²) in [6.07, 6.45) is 3.40. The Bertz CT molecular complexity index is 406. The minimum atomic E-state index is 0.340. The van der Waals surface area contributed by atoms with Crippen molar-refractivity contribution in [2.45, 2.75) is 46.0 Å². The lowest BCUT2D eigenvalue weighted by Crippen LogP contribution is -2.33. The predicted molar refractivity (Wildman–Crippen MR) is 81.9 cm³/mol. The quantitative estimate of drug-likeness (QED) is 0.893. The second kappa shape index (κ2) is 6.42. The summed E-state index contributed by atoms with van der Waals surface area (Å²) >= 11 is 0. The molecule has 0 aromatic heterocycles. The van der Waals surface area contributed by atoms with Gasteiger partial charge in [0.25, 0.3) is 0 Å². The summed E-state index contributed by atoms with van der Waals surface area (Å²) in [5.74, 6) is 1.32. The molecule has 1 saturated heterocycles. The van der Waals surface area contributed by atoms with Crippen LogP contribution in [0.5, 0.6) is 0 Å². The molecule has 0 amide bonds. The Morgan fingerprint density at radius 2 is 1.95 bits per heavy atom. The monoisotopic (exact) mass is 261 g/mol. The number of aryl methyl sites for hydroxylation is 1. The molecule has 1 aliphatic rings. The standard InChI is InChI=1S/C17H27NO/c1-13(2)17-5-4-16(12-14(17)3)18-9-6-15(7-10-18)8-11-19/h4-5,12-13,15,19H,6-11H2,1-3H3. The molecular weight excluding hydrogens is 234 g/mol. The number of hydrogen-bond acceptors (Lipinski definition) is 2. The first-order valence-corrected chi connectivity index (χ1v) is 7.58. The summed E-state index contributed by atoms with van der Waals surface area (Å²) in [4.78, 5) is 2.49. The van der Waals surface area contributed by atoms with Gasteiger partial charge < -0.3 is 10.0 Å². The van der Waals surface area contributed by atoms with Crippen LogP contribution in [-0.4, -0.2) is 24.8 Å². The highest BCUT2D eigenvalue weighted by Crippen LogP contribution is 2.28. The van der Waals surface area contributed by atoms with E-state index in [1.165, 1.54) is 29.7 Å². The van der Waals surface area contributed by atoms with Crippen LogP contribution in [0.3, 0.4) is 0 Å². The molecule has 0 aliphatic carbocycles. The third-order valence-corrected chi connectivity index (χ3v) is 4.39. The van der Waals surface area contributed by atoms with E-state index in [4.69, 9.17) is 5.11 Å². The summed E-state index contributed by atoms with van der Waals surface area (Å²) < 4.78 is 0. The highest BCUT2D eigenvalue weighted by Gasteiger charge is 2.19. The van der Waals surface area contributed by atoms with E-state index in [1.54, 1.807) is 0 Å². The number of rotatable bonds is 4. The molecule has 1 fully saturated rings. The van der Waals surface area contributed by atoms with E-state index in [0.717, 1.165) is 25.4 Å². The highest BCUT2D eigenvalue weighted by molar-refractivity contribution is 5.51. The lowest BCUT2D eigenvalue weighted by atomic mass is 9.93. The average molecular weight is 261 g/mol. The van der Waals surface area contributed by atoms with Crippen LogP contribution in [0.15, 0.2) is 18.2 Å². The number of nitrogens with zero attached hydrogens (tertiary/aromatic N) is 1. The second-order valence-electron chi connectivity index (χ2n) is 6.14. The van der Waals surface area contributed by atoms with Gasteiger partial charge in [-0.1, -0.05) is 19.9 Å². The van der Waals surface area contributed by atoms with Crippen molar-refractivity contribution in [3.63, 3.8) is 0 Å². The fourth-order valence-corrected chi connectivity index (χ4v) is 3.17. The zero-order chi connectivity index (χ0) is 13.8. The molecule has 0 radical (unpaired) electrons.